The first-order chi connectivity index (χ1) is 7.36. The summed E-state index contributed by atoms with van der Waals surface area (Å²) in [5.74, 6) is 0. The fourth-order valence-corrected chi connectivity index (χ4v) is 3.35. The van der Waals surface area contributed by atoms with Crippen LogP contribution < -0.4 is 4.72 Å². The topological polar surface area (TPSA) is 46.2 Å². The van der Waals surface area contributed by atoms with Gasteiger partial charge in [-0.1, -0.05) is 22.9 Å². The highest BCUT2D eigenvalue weighted by Gasteiger charge is 2.18. The second-order valence-electron chi connectivity index (χ2n) is 3.84. The number of hydrogen-bond acceptors (Lipinski definition) is 2. The molecule has 0 radical (unpaired) electrons. The molecule has 0 aliphatic rings. The summed E-state index contributed by atoms with van der Waals surface area (Å²) in [6.07, 6.45) is 0.773. The van der Waals surface area contributed by atoms with Crippen molar-refractivity contribution in [2.45, 2.75) is 38.1 Å². The van der Waals surface area contributed by atoms with Gasteiger partial charge in [-0.05, 0) is 44.0 Å². The molecule has 0 heterocycles. The molecule has 90 valence electrons. The van der Waals surface area contributed by atoms with Crippen molar-refractivity contribution in [1.29, 1.82) is 0 Å². The number of hydrogen-bond donors (Lipinski definition) is 1. The molecule has 1 N–H and O–H groups in total. The van der Waals surface area contributed by atoms with E-state index in [2.05, 4.69) is 20.7 Å². The Morgan fingerprint density at radius 3 is 2.56 bits per heavy atom. The molecule has 0 saturated carbocycles. The van der Waals surface area contributed by atoms with E-state index in [1.54, 1.807) is 25.1 Å². The van der Waals surface area contributed by atoms with Gasteiger partial charge in [-0.15, -0.1) is 0 Å². The van der Waals surface area contributed by atoms with Gasteiger partial charge < -0.3 is 0 Å². The van der Waals surface area contributed by atoms with Crippen molar-refractivity contribution in [2.24, 2.45) is 0 Å². The minimum Gasteiger partial charge on any atom is -0.208 e. The van der Waals surface area contributed by atoms with E-state index < -0.39 is 10.0 Å². The normalized spacial score (nSPS) is 13.8. The minimum absolute atomic E-state index is 0.0481. The Morgan fingerprint density at radius 1 is 1.44 bits per heavy atom. The third kappa shape index (κ3) is 3.30. The summed E-state index contributed by atoms with van der Waals surface area (Å²) < 4.78 is 27.5. The number of nitrogens with one attached hydrogen (secondary N) is 1. The number of aryl methyl sites for hydroxylation is 1. The zero-order valence-electron chi connectivity index (χ0n) is 9.62. The molecule has 5 heteroatoms. The molecule has 1 atom stereocenters. The van der Waals surface area contributed by atoms with E-state index in [0.717, 1.165) is 16.5 Å². The summed E-state index contributed by atoms with van der Waals surface area (Å²) in [6, 6.07) is 5.10. The summed E-state index contributed by atoms with van der Waals surface area (Å²) in [7, 11) is -3.39. The van der Waals surface area contributed by atoms with E-state index >= 15 is 0 Å². The molecular weight excluding hydrogens is 290 g/mol. The van der Waals surface area contributed by atoms with E-state index in [1.807, 2.05) is 13.8 Å². The molecule has 3 nitrogen and oxygen atoms in total. The zero-order valence-corrected chi connectivity index (χ0v) is 12.0. The Labute approximate surface area is 105 Å². The number of benzene rings is 1. The number of sulfonamides is 1. The molecule has 0 aliphatic carbocycles. The summed E-state index contributed by atoms with van der Waals surface area (Å²) in [6.45, 7) is 5.59. The summed E-state index contributed by atoms with van der Waals surface area (Å²) in [5.41, 5.74) is 0.741. The third-order valence-corrected chi connectivity index (χ3v) is 4.64. The first-order valence-electron chi connectivity index (χ1n) is 5.15. The highest BCUT2D eigenvalue weighted by atomic mass is 79.9. The number of rotatable bonds is 4. The Hall–Kier alpha value is -0.390. The zero-order chi connectivity index (χ0) is 12.3. The van der Waals surface area contributed by atoms with Gasteiger partial charge >= 0.3 is 0 Å². The molecule has 0 bridgehead atoms. The Balaban J connectivity index is 3.08. The van der Waals surface area contributed by atoms with Gasteiger partial charge in [0.2, 0.25) is 10.0 Å². The fraction of sp³-hybridized carbons (Fsp3) is 0.455. The maximum Gasteiger partial charge on any atom is 0.241 e. The largest absolute Gasteiger partial charge is 0.241 e. The van der Waals surface area contributed by atoms with Crippen molar-refractivity contribution in [3.63, 3.8) is 0 Å². The van der Waals surface area contributed by atoms with Gasteiger partial charge in [-0.3, -0.25) is 0 Å². The smallest absolute Gasteiger partial charge is 0.208 e. The van der Waals surface area contributed by atoms with Crippen LogP contribution in [-0.4, -0.2) is 14.5 Å². The first kappa shape index (κ1) is 13.7. The van der Waals surface area contributed by atoms with E-state index in [0.29, 0.717) is 4.90 Å². The van der Waals surface area contributed by atoms with Crippen molar-refractivity contribution >= 4 is 26.0 Å². The molecule has 0 fully saturated rings. The lowest BCUT2D eigenvalue weighted by Crippen LogP contribution is -2.32. The fourth-order valence-electron chi connectivity index (χ4n) is 1.33. The van der Waals surface area contributed by atoms with E-state index in [9.17, 15) is 8.42 Å². The molecular formula is C11H16BrNO2S. The summed E-state index contributed by atoms with van der Waals surface area (Å²) in [5, 5.41) is 0. The minimum atomic E-state index is -3.39. The standard InChI is InChI=1S/C11H16BrNO2S/c1-4-9(3)13-16(14,15)11-6-5-10(12)7-8(11)2/h5-7,9,13H,4H2,1-3H3. The molecule has 16 heavy (non-hydrogen) atoms. The van der Waals surface area contributed by atoms with Crippen molar-refractivity contribution in [3.05, 3.63) is 28.2 Å². The summed E-state index contributed by atoms with van der Waals surface area (Å²) in [4.78, 5) is 0.344. The van der Waals surface area contributed by atoms with Gasteiger partial charge in [-0.25, -0.2) is 13.1 Å². The Morgan fingerprint density at radius 2 is 2.06 bits per heavy atom. The molecule has 1 aromatic carbocycles. The second kappa shape index (κ2) is 5.29. The van der Waals surface area contributed by atoms with Crippen LogP contribution in [0.25, 0.3) is 0 Å². The average molecular weight is 306 g/mol. The molecule has 0 aromatic heterocycles. The van der Waals surface area contributed by atoms with Gasteiger partial charge in [0.1, 0.15) is 0 Å². The van der Waals surface area contributed by atoms with Crippen molar-refractivity contribution in [2.75, 3.05) is 0 Å². The third-order valence-electron chi connectivity index (χ3n) is 2.40. The predicted octanol–water partition coefficient (Wildman–Crippen LogP) is 2.83. The van der Waals surface area contributed by atoms with Gasteiger partial charge in [-0.2, -0.15) is 0 Å². The van der Waals surface area contributed by atoms with Gasteiger partial charge in [0.05, 0.1) is 4.90 Å². The molecule has 0 aliphatic heterocycles. The van der Waals surface area contributed by atoms with Crippen molar-refractivity contribution in [3.8, 4) is 0 Å². The van der Waals surface area contributed by atoms with Crippen LogP contribution >= 0.6 is 15.9 Å². The Kier molecular flexibility index (Phi) is 4.52. The van der Waals surface area contributed by atoms with Crippen LogP contribution in [0.15, 0.2) is 27.6 Å². The van der Waals surface area contributed by atoms with Crippen molar-refractivity contribution < 1.29 is 8.42 Å². The first-order valence-corrected chi connectivity index (χ1v) is 7.43. The van der Waals surface area contributed by atoms with Crippen LogP contribution in [0.4, 0.5) is 0 Å². The lowest BCUT2D eigenvalue weighted by Gasteiger charge is -2.13. The van der Waals surface area contributed by atoms with Gasteiger partial charge in [0.25, 0.3) is 0 Å². The van der Waals surface area contributed by atoms with Gasteiger partial charge in [0.15, 0.2) is 0 Å². The molecule has 1 aromatic rings. The van der Waals surface area contributed by atoms with Crippen LogP contribution in [0.3, 0.4) is 0 Å². The van der Waals surface area contributed by atoms with Crippen LogP contribution in [0.2, 0.25) is 0 Å². The van der Waals surface area contributed by atoms with Gasteiger partial charge in [0, 0.05) is 10.5 Å². The second-order valence-corrected chi connectivity index (χ2v) is 6.44. The Bertz CT molecular complexity index is 471. The highest BCUT2D eigenvalue weighted by molar-refractivity contribution is 9.10. The van der Waals surface area contributed by atoms with Crippen molar-refractivity contribution in [1.82, 2.24) is 4.72 Å². The quantitative estimate of drug-likeness (QED) is 0.930. The lowest BCUT2D eigenvalue weighted by atomic mass is 10.2. The van der Waals surface area contributed by atoms with E-state index in [-0.39, 0.29) is 6.04 Å². The average Bonchev–Trinajstić information content (AvgIpc) is 2.16. The molecule has 0 saturated heterocycles. The maximum atomic E-state index is 12.0. The monoisotopic (exact) mass is 305 g/mol. The number of halogens is 1. The summed E-state index contributed by atoms with van der Waals surface area (Å²) >= 11 is 3.31. The van der Waals surface area contributed by atoms with Crippen LogP contribution in [-0.2, 0) is 10.0 Å². The molecule has 1 rings (SSSR count). The molecule has 0 spiro atoms. The van der Waals surface area contributed by atoms with Crippen LogP contribution in [0, 0.1) is 6.92 Å². The SMILES string of the molecule is CCC(C)NS(=O)(=O)c1ccc(Br)cc1C. The van der Waals surface area contributed by atoms with Crippen LogP contribution in [0.5, 0.6) is 0 Å². The van der Waals surface area contributed by atoms with E-state index in [4.69, 9.17) is 0 Å². The predicted molar refractivity (Wildman–Crippen MR) is 69.0 cm³/mol. The van der Waals surface area contributed by atoms with Crippen LogP contribution in [0.1, 0.15) is 25.8 Å². The molecule has 0 amide bonds. The maximum absolute atomic E-state index is 12.0. The highest BCUT2D eigenvalue weighted by Crippen LogP contribution is 2.20. The van der Waals surface area contributed by atoms with E-state index in [1.165, 1.54) is 0 Å². The lowest BCUT2D eigenvalue weighted by molar-refractivity contribution is 0.555. The molecule has 1 unspecified atom stereocenters.